The first-order valence-corrected chi connectivity index (χ1v) is 8.65. The summed E-state index contributed by atoms with van der Waals surface area (Å²) in [6.45, 7) is 3.89. The number of rotatable bonds is 6. The normalized spacial score (nSPS) is 12.5. The standard InChI is InChI=1S/C15H17F3OS2/c1-3-20-10-12(14(19)21-4-2)9-11-5-7-13(8-6-11)15(16,17)18/h5-9H,3-4,10H2,1-2H3/b12-9+. The highest BCUT2D eigenvalue weighted by atomic mass is 32.2. The van der Waals surface area contributed by atoms with Crippen molar-refractivity contribution < 1.29 is 18.0 Å². The summed E-state index contributed by atoms with van der Waals surface area (Å²) in [5.74, 6) is 2.14. The van der Waals surface area contributed by atoms with E-state index in [0.29, 0.717) is 22.6 Å². The van der Waals surface area contributed by atoms with Crippen LogP contribution in [0.2, 0.25) is 0 Å². The number of hydrogen-bond acceptors (Lipinski definition) is 3. The topological polar surface area (TPSA) is 17.1 Å². The van der Waals surface area contributed by atoms with Gasteiger partial charge >= 0.3 is 6.18 Å². The lowest BCUT2D eigenvalue weighted by Crippen LogP contribution is -2.04. The molecule has 0 aliphatic heterocycles. The molecule has 0 aromatic heterocycles. The van der Waals surface area contributed by atoms with E-state index in [1.54, 1.807) is 17.8 Å². The Bertz CT molecular complexity index is 493. The summed E-state index contributed by atoms with van der Waals surface area (Å²) in [6.07, 6.45) is -2.66. The Morgan fingerprint density at radius 1 is 1.14 bits per heavy atom. The Hall–Kier alpha value is -0.880. The summed E-state index contributed by atoms with van der Waals surface area (Å²) < 4.78 is 37.5. The minimum absolute atomic E-state index is 0.0154. The molecule has 0 spiro atoms. The average Bonchev–Trinajstić information content (AvgIpc) is 2.43. The third-order valence-corrected chi connectivity index (χ3v) is 4.31. The maximum atomic E-state index is 12.5. The van der Waals surface area contributed by atoms with Crippen LogP contribution in [-0.2, 0) is 11.0 Å². The Balaban J connectivity index is 2.95. The van der Waals surface area contributed by atoms with Crippen LogP contribution in [0.3, 0.4) is 0 Å². The molecule has 0 atom stereocenters. The van der Waals surface area contributed by atoms with Gasteiger partial charge in [0.2, 0.25) is 5.12 Å². The van der Waals surface area contributed by atoms with Crippen LogP contribution in [0.1, 0.15) is 25.0 Å². The SMILES string of the molecule is CCSC/C(=C\c1ccc(C(F)(F)F)cc1)C(=O)SCC. The van der Waals surface area contributed by atoms with Gasteiger partial charge in [0.25, 0.3) is 0 Å². The second kappa shape index (κ2) is 8.54. The lowest BCUT2D eigenvalue weighted by Gasteiger charge is -2.08. The first-order valence-electron chi connectivity index (χ1n) is 6.51. The lowest BCUT2D eigenvalue weighted by molar-refractivity contribution is -0.137. The predicted octanol–water partition coefficient (Wildman–Crippen LogP) is 5.12. The molecule has 21 heavy (non-hydrogen) atoms. The largest absolute Gasteiger partial charge is 0.416 e. The minimum atomic E-state index is -4.34. The van der Waals surface area contributed by atoms with Gasteiger partial charge in [-0.3, -0.25) is 4.79 Å². The summed E-state index contributed by atoms with van der Waals surface area (Å²) in [5, 5.41) is -0.0154. The van der Waals surface area contributed by atoms with E-state index < -0.39 is 11.7 Å². The molecule has 0 aliphatic rings. The highest BCUT2D eigenvalue weighted by molar-refractivity contribution is 8.14. The van der Waals surface area contributed by atoms with Gasteiger partial charge in [-0.1, -0.05) is 37.7 Å². The third-order valence-electron chi connectivity index (χ3n) is 2.58. The number of carbonyl (C=O) groups is 1. The van der Waals surface area contributed by atoms with Gasteiger partial charge in [0.1, 0.15) is 0 Å². The quantitative estimate of drug-likeness (QED) is 0.672. The third kappa shape index (κ3) is 6.18. The molecule has 0 radical (unpaired) electrons. The van der Waals surface area contributed by atoms with E-state index in [9.17, 15) is 18.0 Å². The molecule has 0 fully saturated rings. The zero-order valence-electron chi connectivity index (χ0n) is 11.9. The van der Waals surface area contributed by atoms with E-state index >= 15 is 0 Å². The van der Waals surface area contributed by atoms with E-state index in [-0.39, 0.29) is 5.12 Å². The van der Waals surface area contributed by atoms with E-state index in [0.717, 1.165) is 17.9 Å². The van der Waals surface area contributed by atoms with E-state index in [4.69, 9.17) is 0 Å². The highest BCUT2D eigenvalue weighted by Crippen LogP contribution is 2.29. The van der Waals surface area contributed by atoms with Gasteiger partial charge in [0, 0.05) is 11.3 Å². The number of benzene rings is 1. The Kier molecular flexibility index (Phi) is 7.39. The van der Waals surface area contributed by atoms with Crippen LogP contribution in [-0.4, -0.2) is 22.4 Å². The molecule has 0 bridgehead atoms. The van der Waals surface area contributed by atoms with Crippen LogP contribution in [0.25, 0.3) is 6.08 Å². The smallest absolute Gasteiger partial charge is 0.282 e. The van der Waals surface area contributed by atoms with Crippen molar-refractivity contribution in [2.24, 2.45) is 0 Å². The fourth-order valence-electron chi connectivity index (χ4n) is 1.56. The molecule has 1 rings (SSSR count). The van der Waals surface area contributed by atoms with Crippen molar-refractivity contribution in [3.63, 3.8) is 0 Å². The first kappa shape index (κ1) is 18.2. The average molecular weight is 334 g/mol. The van der Waals surface area contributed by atoms with Gasteiger partial charge in [-0.2, -0.15) is 24.9 Å². The number of carbonyl (C=O) groups excluding carboxylic acids is 1. The summed E-state index contributed by atoms with van der Waals surface area (Å²) in [6, 6.07) is 4.86. The predicted molar refractivity (Wildman–Crippen MR) is 85.6 cm³/mol. The van der Waals surface area contributed by atoms with Gasteiger partial charge in [-0.25, -0.2) is 0 Å². The zero-order chi connectivity index (χ0) is 15.9. The van der Waals surface area contributed by atoms with Crippen molar-refractivity contribution in [2.45, 2.75) is 20.0 Å². The number of halogens is 3. The Morgan fingerprint density at radius 3 is 2.24 bits per heavy atom. The maximum Gasteiger partial charge on any atom is 0.416 e. The monoisotopic (exact) mass is 334 g/mol. The zero-order valence-corrected chi connectivity index (χ0v) is 13.5. The molecule has 0 saturated heterocycles. The summed E-state index contributed by atoms with van der Waals surface area (Å²) >= 11 is 2.83. The number of alkyl halides is 3. The van der Waals surface area contributed by atoms with Crippen molar-refractivity contribution >= 4 is 34.7 Å². The van der Waals surface area contributed by atoms with Crippen LogP contribution < -0.4 is 0 Å². The van der Waals surface area contributed by atoms with E-state index in [1.165, 1.54) is 23.9 Å². The molecular weight excluding hydrogens is 317 g/mol. The summed E-state index contributed by atoms with van der Waals surface area (Å²) in [4.78, 5) is 12.0. The van der Waals surface area contributed by atoms with Crippen molar-refractivity contribution in [1.82, 2.24) is 0 Å². The molecule has 0 heterocycles. The number of hydrogen-bond donors (Lipinski definition) is 0. The molecule has 6 heteroatoms. The maximum absolute atomic E-state index is 12.5. The van der Waals surface area contributed by atoms with Crippen molar-refractivity contribution in [2.75, 3.05) is 17.3 Å². The molecular formula is C15H17F3OS2. The molecule has 0 amide bonds. The molecule has 1 aromatic carbocycles. The fourth-order valence-corrected chi connectivity index (χ4v) is 2.87. The van der Waals surface area contributed by atoms with Gasteiger partial charge in [0.05, 0.1) is 5.56 Å². The Morgan fingerprint density at radius 2 is 1.76 bits per heavy atom. The van der Waals surface area contributed by atoms with Gasteiger partial charge in [-0.05, 0) is 35.3 Å². The molecule has 1 nitrogen and oxygen atoms in total. The second-order valence-electron chi connectivity index (χ2n) is 4.15. The molecule has 1 aromatic rings. The molecule has 0 N–H and O–H groups in total. The second-order valence-corrected chi connectivity index (χ2v) is 6.66. The van der Waals surface area contributed by atoms with Gasteiger partial charge in [0.15, 0.2) is 0 Å². The molecule has 0 saturated carbocycles. The first-order chi connectivity index (χ1) is 9.88. The molecule has 0 aliphatic carbocycles. The summed E-state index contributed by atoms with van der Waals surface area (Å²) in [5.41, 5.74) is 0.562. The van der Waals surface area contributed by atoms with E-state index in [1.807, 2.05) is 13.8 Å². The Labute approximate surface area is 131 Å². The van der Waals surface area contributed by atoms with Crippen LogP contribution in [0.4, 0.5) is 13.2 Å². The van der Waals surface area contributed by atoms with E-state index in [2.05, 4.69) is 0 Å². The molecule has 0 unspecified atom stereocenters. The van der Waals surface area contributed by atoms with Crippen LogP contribution in [0.15, 0.2) is 29.8 Å². The van der Waals surface area contributed by atoms with Crippen molar-refractivity contribution in [3.05, 3.63) is 41.0 Å². The highest BCUT2D eigenvalue weighted by Gasteiger charge is 2.29. The van der Waals surface area contributed by atoms with Crippen LogP contribution in [0, 0.1) is 0 Å². The number of thioether (sulfide) groups is 2. The minimum Gasteiger partial charge on any atom is -0.282 e. The van der Waals surface area contributed by atoms with Crippen LogP contribution >= 0.6 is 23.5 Å². The van der Waals surface area contributed by atoms with Gasteiger partial charge < -0.3 is 0 Å². The lowest BCUT2D eigenvalue weighted by atomic mass is 10.1. The van der Waals surface area contributed by atoms with Crippen LogP contribution in [0.5, 0.6) is 0 Å². The van der Waals surface area contributed by atoms with Gasteiger partial charge in [-0.15, -0.1) is 0 Å². The summed E-state index contributed by atoms with van der Waals surface area (Å²) in [7, 11) is 0. The van der Waals surface area contributed by atoms with Crippen molar-refractivity contribution in [1.29, 1.82) is 0 Å². The fraction of sp³-hybridized carbons (Fsp3) is 0.400. The molecule has 116 valence electrons. The van der Waals surface area contributed by atoms with Crippen molar-refractivity contribution in [3.8, 4) is 0 Å².